The summed E-state index contributed by atoms with van der Waals surface area (Å²) in [6.45, 7) is 5.62. The van der Waals surface area contributed by atoms with Crippen LogP contribution in [0.15, 0.2) is 0 Å². The third-order valence-corrected chi connectivity index (χ3v) is 2.86. The molecule has 0 saturated heterocycles. The van der Waals surface area contributed by atoms with Crippen LogP contribution < -0.4 is 5.73 Å². The van der Waals surface area contributed by atoms with E-state index in [2.05, 4.69) is 19.6 Å². The minimum Gasteiger partial charge on any atom is -0.462 e. The van der Waals surface area contributed by atoms with Crippen LogP contribution >= 0.6 is 12.6 Å². The number of ether oxygens (including phenoxy) is 4. The lowest BCUT2D eigenvalue weighted by Gasteiger charge is -2.10. The van der Waals surface area contributed by atoms with E-state index in [-0.39, 0.29) is 6.61 Å². The maximum Gasteiger partial charge on any atom is 0.323 e. The van der Waals surface area contributed by atoms with Crippen LogP contribution in [0.25, 0.3) is 0 Å². The summed E-state index contributed by atoms with van der Waals surface area (Å²) in [7, 11) is 0. The van der Waals surface area contributed by atoms with Gasteiger partial charge in [0.25, 0.3) is 0 Å². The smallest absolute Gasteiger partial charge is 0.323 e. The molecule has 0 aromatic heterocycles. The first-order valence-corrected chi connectivity index (χ1v) is 8.12. The van der Waals surface area contributed by atoms with Gasteiger partial charge in [-0.3, -0.25) is 4.79 Å². The zero-order chi connectivity index (χ0) is 15.8. The van der Waals surface area contributed by atoms with Crippen molar-refractivity contribution in [2.75, 3.05) is 52.0 Å². The molecule has 0 bridgehead atoms. The number of rotatable bonds is 15. The molecule has 1 unspecified atom stereocenters. The van der Waals surface area contributed by atoms with Gasteiger partial charge in [0.15, 0.2) is 0 Å². The molecular weight excluding hydrogens is 294 g/mol. The van der Waals surface area contributed by atoms with Gasteiger partial charge < -0.3 is 24.7 Å². The lowest BCUT2D eigenvalue weighted by Crippen LogP contribution is -2.33. The summed E-state index contributed by atoms with van der Waals surface area (Å²) < 4.78 is 20.9. The van der Waals surface area contributed by atoms with Gasteiger partial charge in [-0.25, -0.2) is 0 Å². The first-order valence-electron chi connectivity index (χ1n) is 7.48. The standard InChI is InChI=1S/C14H29NO5S/c1-2-3-5-17-6-7-18-8-9-19-10-11-20-14(16)13(15)4-12-21/h13,21H,2-12,15H2,1H3. The number of hydrogen-bond acceptors (Lipinski definition) is 7. The molecule has 2 N–H and O–H groups in total. The SMILES string of the molecule is CCCCOCCOCCOCCOC(=O)C(N)CCS. The Kier molecular flexibility index (Phi) is 15.8. The Morgan fingerprint density at radius 2 is 1.52 bits per heavy atom. The number of unbranched alkanes of at least 4 members (excludes halogenated alkanes) is 1. The van der Waals surface area contributed by atoms with Gasteiger partial charge in [-0.15, -0.1) is 0 Å². The van der Waals surface area contributed by atoms with Gasteiger partial charge in [0.05, 0.1) is 33.0 Å². The molecule has 0 saturated carbocycles. The number of hydrogen-bond donors (Lipinski definition) is 2. The summed E-state index contributed by atoms with van der Waals surface area (Å²) in [5.41, 5.74) is 5.57. The minimum atomic E-state index is -0.599. The summed E-state index contributed by atoms with van der Waals surface area (Å²) >= 11 is 4.01. The fraction of sp³-hybridized carbons (Fsp3) is 0.929. The highest BCUT2D eigenvalue weighted by atomic mass is 32.1. The maximum absolute atomic E-state index is 11.3. The van der Waals surface area contributed by atoms with Gasteiger partial charge in [-0.1, -0.05) is 13.3 Å². The molecule has 0 amide bonds. The van der Waals surface area contributed by atoms with Crippen molar-refractivity contribution in [1.29, 1.82) is 0 Å². The molecule has 1 atom stereocenters. The van der Waals surface area contributed by atoms with Crippen molar-refractivity contribution >= 4 is 18.6 Å². The predicted octanol–water partition coefficient (Wildman–Crippen LogP) is 1.03. The van der Waals surface area contributed by atoms with Crippen LogP contribution in [0, 0.1) is 0 Å². The van der Waals surface area contributed by atoms with E-state index in [9.17, 15) is 4.79 Å². The van der Waals surface area contributed by atoms with E-state index in [4.69, 9.17) is 24.7 Å². The van der Waals surface area contributed by atoms with Crippen molar-refractivity contribution < 1.29 is 23.7 Å². The molecule has 0 heterocycles. The highest BCUT2D eigenvalue weighted by molar-refractivity contribution is 7.80. The van der Waals surface area contributed by atoms with E-state index in [0.717, 1.165) is 19.4 Å². The molecule has 21 heavy (non-hydrogen) atoms. The van der Waals surface area contributed by atoms with Crippen molar-refractivity contribution in [2.24, 2.45) is 5.73 Å². The van der Waals surface area contributed by atoms with Crippen molar-refractivity contribution in [2.45, 2.75) is 32.2 Å². The summed E-state index contributed by atoms with van der Waals surface area (Å²) in [5, 5.41) is 0. The van der Waals surface area contributed by atoms with Crippen molar-refractivity contribution in [1.82, 2.24) is 0 Å². The Morgan fingerprint density at radius 1 is 1.00 bits per heavy atom. The number of carbonyl (C=O) groups excluding carboxylic acids is 1. The second-order valence-electron chi connectivity index (χ2n) is 4.48. The number of nitrogens with two attached hydrogens (primary N) is 1. The fourth-order valence-corrected chi connectivity index (χ4v) is 1.63. The number of esters is 1. The Hall–Kier alpha value is -0.340. The average Bonchev–Trinajstić information content (AvgIpc) is 2.48. The van der Waals surface area contributed by atoms with Crippen molar-refractivity contribution in [3.05, 3.63) is 0 Å². The largest absolute Gasteiger partial charge is 0.462 e. The topological polar surface area (TPSA) is 80.0 Å². The zero-order valence-electron chi connectivity index (χ0n) is 12.9. The average molecular weight is 323 g/mol. The lowest BCUT2D eigenvalue weighted by atomic mass is 10.2. The van der Waals surface area contributed by atoms with E-state index in [1.54, 1.807) is 0 Å². The van der Waals surface area contributed by atoms with Crippen LogP contribution in [0.3, 0.4) is 0 Å². The predicted molar refractivity (Wildman–Crippen MR) is 84.8 cm³/mol. The quantitative estimate of drug-likeness (QED) is 0.266. The molecule has 0 spiro atoms. The van der Waals surface area contributed by atoms with E-state index in [1.807, 2.05) is 0 Å². The van der Waals surface area contributed by atoms with E-state index in [0.29, 0.717) is 45.2 Å². The second-order valence-corrected chi connectivity index (χ2v) is 4.92. The molecule has 0 aliphatic rings. The third kappa shape index (κ3) is 14.4. The lowest BCUT2D eigenvalue weighted by molar-refractivity contribution is -0.146. The summed E-state index contributed by atoms with van der Waals surface area (Å²) in [5.74, 6) is 0.153. The molecule has 0 aliphatic heterocycles. The summed E-state index contributed by atoms with van der Waals surface area (Å²) in [4.78, 5) is 11.3. The van der Waals surface area contributed by atoms with E-state index < -0.39 is 12.0 Å². The van der Waals surface area contributed by atoms with Crippen LogP contribution in [0.2, 0.25) is 0 Å². The van der Waals surface area contributed by atoms with Gasteiger partial charge in [-0.2, -0.15) is 12.6 Å². The van der Waals surface area contributed by atoms with Crippen molar-refractivity contribution in [3.8, 4) is 0 Å². The molecule has 0 rings (SSSR count). The molecule has 0 fully saturated rings. The van der Waals surface area contributed by atoms with Gasteiger partial charge >= 0.3 is 5.97 Å². The molecule has 6 nitrogen and oxygen atoms in total. The molecule has 0 aromatic carbocycles. The Bertz CT molecular complexity index is 243. The van der Waals surface area contributed by atoms with E-state index >= 15 is 0 Å². The third-order valence-electron chi connectivity index (χ3n) is 2.60. The van der Waals surface area contributed by atoms with Gasteiger partial charge in [-0.05, 0) is 18.6 Å². The molecule has 0 radical (unpaired) electrons. The van der Waals surface area contributed by atoms with Gasteiger partial charge in [0.2, 0.25) is 0 Å². The zero-order valence-corrected chi connectivity index (χ0v) is 13.8. The second kappa shape index (κ2) is 16.0. The van der Waals surface area contributed by atoms with Crippen LogP contribution in [0.4, 0.5) is 0 Å². The highest BCUT2D eigenvalue weighted by Crippen LogP contribution is 1.94. The molecule has 7 heteroatoms. The Morgan fingerprint density at radius 3 is 2.05 bits per heavy atom. The van der Waals surface area contributed by atoms with E-state index in [1.165, 1.54) is 0 Å². The van der Waals surface area contributed by atoms with Crippen molar-refractivity contribution in [3.63, 3.8) is 0 Å². The first-order chi connectivity index (χ1) is 10.2. The molecular formula is C14H29NO5S. The fourth-order valence-electron chi connectivity index (χ4n) is 1.35. The van der Waals surface area contributed by atoms with Crippen LogP contribution in [0.5, 0.6) is 0 Å². The number of thiol groups is 1. The normalized spacial score (nSPS) is 12.3. The first kappa shape index (κ1) is 20.7. The summed E-state index contributed by atoms with van der Waals surface area (Å²) in [6.07, 6.45) is 2.73. The summed E-state index contributed by atoms with van der Waals surface area (Å²) in [6, 6.07) is -0.599. The number of carbonyl (C=O) groups is 1. The molecule has 126 valence electrons. The molecule has 0 aromatic rings. The van der Waals surface area contributed by atoms with Crippen LogP contribution in [0.1, 0.15) is 26.2 Å². The van der Waals surface area contributed by atoms with Gasteiger partial charge in [0.1, 0.15) is 12.6 Å². The molecule has 0 aliphatic carbocycles. The van der Waals surface area contributed by atoms with Crippen LogP contribution in [-0.4, -0.2) is 64.0 Å². The Balaban J connectivity index is 3.17. The minimum absolute atomic E-state index is 0.208. The monoisotopic (exact) mass is 323 g/mol. The van der Waals surface area contributed by atoms with Crippen LogP contribution in [-0.2, 0) is 23.7 Å². The highest BCUT2D eigenvalue weighted by Gasteiger charge is 2.13. The van der Waals surface area contributed by atoms with Gasteiger partial charge in [0, 0.05) is 6.61 Å². The Labute approximate surface area is 133 Å². The maximum atomic E-state index is 11.3.